The molecule has 1 aromatic rings. The lowest BCUT2D eigenvalue weighted by Crippen LogP contribution is -2.26. The van der Waals surface area contributed by atoms with Gasteiger partial charge in [-0.15, -0.1) is 0 Å². The lowest BCUT2D eigenvalue weighted by Gasteiger charge is -2.20. The third kappa shape index (κ3) is 4.36. The first-order valence-electron chi connectivity index (χ1n) is 6.41. The average Bonchev–Trinajstić information content (AvgIpc) is 2.28. The molecule has 0 aliphatic heterocycles. The molecule has 0 fully saturated rings. The quantitative estimate of drug-likeness (QED) is 0.770. The van der Waals surface area contributed by atoms with Crippen molar-refractivity contribution in [1.82, 2.24) is 0 Å². The molecule has 0 bridgehead atoms. The summed E-state index contributed by atoms with van der Waals surface area (Å²) in [4.78, 5) is 0. The van der Waals surface area contributed by atoms with Crippen LogP contribution in [0.25, 0.3) is 0 Å². The van der Waals surface area contributed by atoms with E-state index in [2.05, 4.69) is 51.1 Å². The molecule has 0 heterocycles. The number of benzene rings is 1. The fourth-order valence-electron chi connectivity index (χ4n) is 2.02. The van der Waals surface area contributed by atoms with Crippen molar-refractivity contribution >= 4 is 0 Å². The molecule has 2 N–H and O–H groups in total. The van der Waals surface area contributed by atoms with E-state index in [-0.39, 0.29) is 0 Å². The summed E-state index contributed by atoms with van der Waals surface area (Å²) in [5.41, 5.74) is 7.60. The Morgan fingerprint density at radius 2 is 1.62 bits per heavy atom. The van der Waals surface area contributed by atoms with Crippen molar-refractivity contribution < 1.29 is 0 Å². The van der Waals surface area contributed by atoms with Crippen LogP contribution in [0.3, 0.4) is 0 Å². The van der Waals surface area contributed by atoms with Gasteiger partial charge < -0.3 is 5.73 Å². The van der Waals surface area contributed by atoms with Crippen LogP contribution in [0.1, 0.15) is 51.5 Å². The first kappa shape index (κ1) is 13.2. The summed E-state index contributed by atoms with van der Waals surface area (Å²) in [6, 6.07) is 10.9. The van der Waals surface area contributed by atoms with Crippen LogP contribution < -0.4 is 5.73 Å². The standard InChI is InChI=1S/C15H25N/c1-12(2)8-7-11-15(16)13(3)14-9-5-4-6-10-14/h4-6,9-10,12-13,15H,7-8,11,16H2,1-3H3. The van der Waals surface area contributed by atoms with E-state index >= 15 is 0 Å². The SMILES string of the molecule is CC(C)CCCC(N)C(C)c1ccccc1. The van der Waals surface area contributed by atoms with Crippen molar-refractivity contribution in [3.63, 3.8) is 0 Å². The van der Waals surface area contributed by atoms with Gasteiger partial charge in [-0.25, -0.2) is 0 Å². The molecule has 0 saturated heterocycles. The van der Waals surface area contributed by atoms with Gasteiger partial charge >= 0.3 is 0 Å². The minimum absolute atomic E-state index is 0.293. The highest BCUT2D eigenvalue weighted by molar-refractivity contribution is 5.20. The Labute approximate surface area is 100 Å². The molecule has 90 valence electrons. The number of rotatable bonds is 6. The van der Waals surface area contributed by atoms with Crippen LogP contribution in [0, 0.1) is 5.92 Å². The summed E-state index contributed by atoms with van der Waals surface area (Å²) in [7, 11) is 0. The monoisotopic (exact) mass is 219 g/mol. The average molecular weight is 219 g/mol. The topological polar surface area (TPSA) is 26.0 Å². The van der Waals surface area contributed by atoms with Gasteiger partial charge in [0.25, 0.3) is 0 Å². The van der Waals surface area contributed by atoms with Gasteiger partial charge in [0.1, 0.15) is 0 Å². The molecule has 0 amide bonds. The summed E-state index contributed by atoms with van der Waals surface area (Å²) in [6.07, 6.45) is 3.67. The molecule has 0 saturated carbocycles. The highest BCUT2D eigenvalue weighted by Crippen LogP contribution is 2.21. The van der Waals surface area contributed by atoms with E-state index in [1.807, 2.05) is 0 Å². The highest BCUT2D eigenvalue weighted by Gasteiger charge is 2.14. The second-order valence-corrected chi connectivity index (χ2v) is 5.19. The zero-order chi connectivity index (χ0) is 12.0. The van der Waals surface area contributed by atoms with Gasteiger partial charge in [0.05, 0.1) is 0 Å². The van der Waals surface area contributed by atoms with Crippen LogP contribution in [0.4, 0.5) is 0 Å². The predicted molar refractivity (Wildman–Crippen MR) is 71.5 cm³/mol. The lowest BCUT2D eigenvalue weighted by atomic mass is 9.90. The Morgan fingerprint density at radius 1 is 1.00 bits per heavy atom. The van der Waals surface area contributed by atoms with Gasteiger partial charge in [-0.05, 0) is 23.8 Å². The molecule has 0 spiro atoms. The molecule has 1 heteroatoms. The molecule has 0 aliphatic carbocycles. The van der Waals surface area contributed by atoms with Crippen LogP contribution in [-0.2, 0) is 0 Å². The van der Waals surface area contributed by atoms with Gasteiger partial charge in [0.15, 0.2) is 0 Å². The van der Waals surface area contributed by atoms with E-state index in [9.17, 15) is 0 Å². The smallest absolute Gasteiger partial charge is 0.0105 e. The molecule has 0 radical (unpaired) electrons. The maximum absolute atomic E-state index is 6.24. The molecule has 2 unspecified atom stereocenters. The van der Waals surface area contributed by atoms with Crippen molar-refractivity contribution in [1.29, 1.82) is 0 Å². The van der Waals surface area contributed by atoms with Gasteiger partial charge in [-0.1, -0.05) is 63.9 Å². The number of hydrogen-bond donors (Lipinski definition) is 1. The summed E-state index contributed by atoms with van der Waals surface area (Å²) >= 11 is 0. The normalized spacial score (nSPS) is 15.1. The van der Waals surface area contributed by atoms with E-state index in [0.717, 1.165) is 12.3 Å². The number of nitrogens with two attached hydrogens (primary N) is 1. The lowest BCUT2D eigenvalue weighted by molar-refractivity contribution is 0.464. The predicted octanol–water partition coefficient (Wildman–Crippen LogP) is 3.94. The molecule has 1 rings (SSSR count). The van der Waals surface area contributed by atoms with Crippen LogP contribution >= 0.6 is 0 Å². The Balaban J connectivity index is 2.39. The second-order valence-electron chi connectivity index (χ2n) is 5.19. The van der Waals surface area contributed by atoms with Crippen LogP contribution in [0.5, 0.6) is 0 Å². The van der Waals surface area contributed by atoms with E-state index in [1.165, 1.54) is 18.4 Å². The van der Waals surface area contributed by atoms with Crippen LogP contribution in [-0.4, -0.2) is 6.04 Å². The Morgan fingerprint density at radius 3 is 2.19 bits per heavy atom. The van der Waals surface area contributed by atoms with Gasteiger partial charge in [0.2, 0.25) is 0 Å². The Kier molecular flexibility index (Phi) is 5.54. The Hall–Kier alpha value is -0.820. The van der Waals surface area contributed by atoms with Crippen LogP contribution in [0.15, 0.2) is 30.3 Å². The fourth-order valence-corrected chi connectivity index (χ4v) is 2.02. The van der Waals surface area contributed by atoms with E-state index in [4.69, 9.17) is 5.73 Å². The summed E-state index contributed by atoms with van der Waals surface area (Å²) in [6.45, 7) is 6.77. The molecule has 0 aliphatic rings. The highest BCUT2D eigenvalue weighted by atomic mass is 14.6. The third-order valence-electron chi connectivity index (χ3n) is 3.29. The molecule has 1 nitrogen and oxygen atoms in total. The second kappa shape index (κ2) is 6.70. The van der Waals surface area contributed by atoms with Crippen molar-refractivity contribution in [2.45, 2.75) is 52.0 Å². The van der Waals surface area contributed by atoms with Crippen LogP contribution in [0.2, 0.25) is 0 Å². The molecular formula is C15H25N. The van der Waals surface area contributed by atoms with Gasteiger partial charge in [-0.3, -0.25) is 0 Å². The maximum atomic E-state index is 6.24. The summed E-state index contributed by atoms with van der Waals surface area (Å²) < 4.78 is 0. The largest absolute Gasteiger partial charge is 0.327 e. The zero-order valence-electron chi connectivity index (χ0n) is 10.8. The zero-order valence-corrected chi connectivity index (χ0v) is 10.8. The maximum Gasteiger partial charge on any atom is 0.0105 e. The Bertz CT molecular complexity index is 279. The third-order valence-corrected chi connectivity index (χ3v) is 3.29. The summed E-state index contributed by atoms with van der Waals surface area (Å²) in [5.74, 6) is 1.26. The van der Waals surface area contributed by atoms with E-state index in [0.29, 0.717) is 12.0 Å². The van der Waals surface area contributed by atoms with Gasteiger partial charge in [0, 0.05) is 6.04 Å². The summed E-state index contributed by atoms with van der Waals surface area (Å²) in [5, 5.41) is 0. The van der Waals surface area contributed by atoms with Crippen molar-refractivity contribution in [2.75, 3.05) is 0 Å². The van der Waals surface area contributed by atoms with Crippen molar-refractivity contribution in [2.24, 2.45) is 11.7 Å². The van der Waals surface area contributed by atoms with Gasteiger partial charge in [-0.2, -0.15) is 0 Å². The minimum atomic E-state index is 0.293. The molecule has 16 heavy (non-hydrogen) atoms. The molecular weight excluding hydrogens is 194 g/mol. The van der Waals surface area contributed by atoms with E-state index in [1.54, 1.807) is 0 Å². The number of hydrogen-bond acceptors (Lipinski definition) is 1. The first-order valence-corrected chi connectivity index (χ1v) is 6.41. The fraction of sp³-hybridized carbons (Fsp3) is 0.600. The van der Waals surface area contributed by atoms with E-state index < -0.39 is 0 Å². The molecule has 0 aromatic heterocycles. The molecule has 1 aromatic carbocycles. The molecule has 2 atom stereocenters. The van der Waals surface area contributed by atoms with Crippen molar-refractivity contribution in [3.05, 3.63) is 35.9 Å². The minimum Gasteiger partial charge on any atom is -0.327 e. The first-order chi connectivity index (χ1) is 7.61. The van der Waals surface area contributed by atoms with Crippen molar-refractivity contribution in [3.8, 4) is 0 Å².